The van der Waals surface area contributed by atoms with Crippen LogP contribution in [0.2, 0.25) is 5.02 Å². The molecule has 4 nitrogen and oxygen atoms in total. The van der Waals surface area contributed by atoms with Crippen molar-refractivity contribution in [3.8, 4) is 0 Å². The Morgan fingerprint density at radius 3 is 2.68 bits per heavy atom. The van der Waals surface area contributed by atoms with Crippen LogP contribution in [0.15, 0.2) is 24.3 Å². The quantitative estimate of drug-likeness (QED) is 0.885. The molecule has 0 bridgehead atoms. The van der Waals surface area contributed by atoms with Crippen molar-refractivity contribution in [3.63, 3.8) is 0 Å². The number of benzene rings is 1. The van der Waals surface area contributed by atoms with E-state index in [0.29, 0.717) is 0 Å². The number of hydrogen-bond donors (Lipinski definition) is 2. The third kappa shape index (κ3) is 3.74. The lowest BCUT2D eigenvalue weighted by atomic mass is 10.00. The number of carbonyl (C=O) groups is 1. The van der Waals surface area contributed by atoms with Gasteiger partial charge in [0.2, 0.25) is 5.91 Å². The van der Waals surface area contributed by atoms with E-state index < -0.39 is 0 Å². The largest absolute Gasteiger partial charge is 0.350 e. The number of hydrogen-bond acceptors (Lipinski definition) is 3. The van der Waals surface area contributed by atoms with Gasteiger partial charge in [0.15, 0.2) is 0 Å². The van der Waals surface area contributed by atoms with Crippen molar-refractivity contribution in [1.82, 2.24) is 15.5 Å². The number of nitrogens with zero attached hydrogens (tertiary/aromatic N) is 1. The summed E-state index contributed by atoms with van der Waals surface area (Å²) in [6.45, 7) is 1.94. The van der Waals surface area contributed by atoms with Gasteiger partial charge in [0.05, 0.1) is 12.1 Å². The van der Waals surface area contributed by atoms with Gasteiger partial charge in [-0.3, -0.25) is 9.69 Å². The molecule has 2 aliphatic heterocycles. The van der Waals surface area contributed by atoms with Crippen molar-refractivity contribution in [2.24, 2.45) is 0 Å². The van der Waals surface area contributed by atoms with E-state index in [9.17, 15) is 4.79 Å². The summed E-state index contributed by atoms with van der Waals surface area (Å²) in [5, 5.41) is 7.24. The Labute approximate surface area is 143 Å². The van der Waals surface area contributed by atoms with Crippen LogP contribution in [0.1, 0.15) is 30.9 Å². The highest BCUT2D eigenvalue weighted by molar-refractivity contribution is 6.30. The summed E-state index contributed by atoms with van der Waals surface area (Å²) >= 11 is 5.97. The molecule has 0 aliphatic carbocycles. The standard InChI is InChI=1S/C16H22ClN3O.ClH/c1-20-10-8-13(19-16(21)14-3-2-9-18-14)15(20)11-4-6-12(17)7-5-11;/h4-7,13-15,18H,2-3,8-10H2,1H3,(H,19,21);1H. The van der Waals surface area contributed by atoms with Crippen LogP contribution in [0.5, 0.6) is 0 Å². The number of halogens is 2. The van der Waals surface area contributed by atoms with Gasteiger partial charge < -0.3 is 10.6 Å². The summed E-state index contributed by atoms with van der Waals surface area (Å²) in [6, 6.07) is 8.34. The monoisotopic (exact) mass is 343 g/mol. The molecule has 2 saturated heterocycles. The molecule has 6 heteroatoms. The van der Waals surface area contributed by atoms with E-state index in [-0.39, 0.29) is 36.4 Å². The first-order valence-electron chi connectivity index (χ1n) is 7.64. The molecule has 3 rings (SSSR count). The summed E-state index contributed by atoms with van der Waals surface area (Å²) in [7, 11) is 2.11. The molecule has 2 aliphatic rings. The number of likely N-dealkylation sites (tertiary alicyclic amines) is 1. The highest BCUT2D eigenvalue weighted by atomic mass is 35.5. The Bertz CT molecular complexity index is 503. The first-order chi connectivity index (χ1) is 10.1. The Morgan fingerprint density at radius 2 is 2.05 bits per heavy atom. The maximum atomic E-state index is 12.3. The number of nitrogens with one attached hydrogen (secondary N) is 2. The Morgan fingerprint density at radius 1 is 1.32 bits per heavy atom. The topological polar surface area (TPSA) is 44.4 Å². The van der Waals surface area contributed by atoms with Crippen molar-refractivity contribution in [3.05, 3.63) is 34.9 Å². The summed E-state index contributed by atoms with van der Waals surface area (Å²) < 4.78 is 0. The van der Waals surface area contributed by atoms with Gasteiger partial charge in [-0.1, -0.05) is 23.7 Å². The van der Waals surface area contributed by atoms with Crippen LogP contribution in [-0.4, -0.2) is 43.0 Å². The summed E-state index contributed by atoms with van der Waals surface area (Å²) in [5.74, 6) is 0.145. The maximum Gasteiger partial charge on any atom is 0.237 e. The third-order valence-electron chi connectivity index (χ3n) is 4.56. The molecule has 122 valence electrons. The van der Waals surface area contributed by atoms with E-state index in [1.54, 1.807) is 0 Å². The lowest BCUT2D eigenvalue weighted by Crippen LogP contribution is -2.46. The molecule has 2 heterocycles. The molecule has 2 fully saturated rings. The van der Waals surface area contributed by atoms with Crippen molar-refractivity contribution < 1.29 is 4.79 Å². The molecule has 1 aromatic rings. The van der Waals surface area contributed by atoms with Gasteiger partial charge in [-0.25, -0.2) is 0 Å². The highest BCUT2D eigenvalue weighted by Gasteiger charge is 2.35. The van der Waals surface area contributed by atoms with E-state index in [2.05, 4.69) is 34.7 Å². The maximum absolute atomic E-state index is 12.3. The Balaban J connectivity index is 0.00000176. The predicted octanol–water partition coefficient (Wildman–Crippen LogP) is 2.38. The van der Waals surface area contributed by atoms with Gasteiger partial charge in [-0.2, -0.15) is 0 Å². The van der Waals surface area contributed by atoms with Crippen molar-refractivity contribution in [1.29, 1.82) is 0 Å². The number of amides is 1. The molecule has 0 radical (unpaired) electrons. The summed E-state index contributed by atoms with van der Waals surface area (Å²) in [5.41, 5.74) is 1.21. The Kier molecular flexibility index (Phi) is 6.09. The normalized spacial score (nSPS) is 28.4. The van der Waals surface area contributed by atoms with Gasteiger partial charge >= 0.3 is 0 Å². The zero-order valence-electron chi connectivity index (χ0n) is 12.7. The minimum Gasteiger partial charge on any atom is -0.350 e. The summed E-state index contributed by atoms with van der Waals surface area (Å²) in [4.78, 5) is 14.6. The molecule has 1 amide bonds. The molecular formula is C16H23Cl2N3O. The first kappa shape index (κ1) is 17.5. The van der Waals surface area contributed by atoms with E-state index in [1.165, 1.54) is 5.56 Å². The average molecular weight is 344 g/mol. The van der Waals surface area contributed by atoms with Crippen LogP contribution in [0, 0.1) is 0 Å². The van der Waals surface area contributed by atoms with Crippen LogP contribution in [0.4, 0.5) is 0 Å². The average Bonchev–Trinajstić information content (AvgIpc) is 3.11. The van der Waals surface area contributed by atoms with E-state index in [0.717, 1.165) is 37.4 Å². The number of carbonyl (C=O) groups excluding carboxylic acids is 1. The first-order valence-corrected chi connectivity index (χ1v) is 8.02. The molecule has 0 spiro atoms. The number of rotatable bonds is 3. The fourth-order valence-corrected chi connectivity index (χ4v) is 3.56. The number of likely N-dealkylation sites (N-methyl/N-ethyl adjacent to an activating group) is 1. The van der Waals surface area contributed by atoms with Crippen LogP contribution >= 0.6 is 24.0 Å². The van der Waals surface area contributed by atoms with Gasteiger partial charge in [0.25, 0.3) is 0 Å². The van der Waals surface area contributed by atoms with Crippen molar-refractivity contribution in [2.45, 2.75) is 37.4 Å². The highest BCUT2D eigenvalue weighted by Crippen LogP contribution is 2.31. The summed E-state index contributed by atoms with van der Waals surface area (Å²) in [6.07, 6.45) is 3.02. The zero-order valence-corrected chi connectivity index (χ0v) is 14.3. The van der Waals surface area contributed by atoms with Gasteiger partial charge in [-0.05, 0) is 50.6 Å². The van der Waals surface area contributed by atoms with Crippen LogP contribution in [0.3, 0.4) is 0 Å². The van der Waals surface area contributed by atoms with E-state index in [4.69, 9.17) is 11.6 Å². The zero-order chi connectivity index (χ0) is 14.8. The molecule has 0 aromatic heterocycles. The molecule has 3 atom stereocenters. The molecule has 1 aromatic carbocycles. The smallest absolute Gasteiger partial charge is 0.237 e. The van der Waals surface area contributed by atoms with Crippen LogP contribution < -0.4 is 10.6 Å². The van der Waals surface area contributed by atoms with Crippen molar-refractivity contribution >= 4 is 29.9 Å². The molecule has 0 saturated carbocycles. The molecule has 3 unspecified atom stereocenters. The predicted molar refractivity (Wildman–Crippen MR) is 91.6 cm³/mol. The second kappa shape index (κ2) is 7.64. The lowest BCUT2D eigenvalue weighted by molar-refractivity contribution is -0.123. The van der Waals surface area contributed by atoms with E-state index in [1.807, 2.05) is 12.1 Å². The van der Waals surface area contributed by atoms with Crippen molar-refractivity contribution in [2.75, 3.05) is 20.1 Å². The lowest BCUT2D eigenvalue weighted by Gasteiger charge is -2.27. The fourth-order valence-electron chi connectivity index (χ4n) is 3.44. The SMILES string of the molecule is CN1CCC(NC(=O)C2CCCN2)C1c1ccc(Cl)cc1.Cl. The van der Waals surface area contributed by atoms with Gasteiger partial charge in [-0.15, -0.1) is 12.4 Å². The fraction of sp³-hybridized carbons (Fsp3) is 0.562. The third-order valence-corrected chi connectivity index (χ3v) is 4.82. The van der Waals surface area contributed by atoms with Gasteiger partial charge in [0, 0.05) is 17.6 Å². The molecule has 22 heavy (non-hydrogen) atoms. The second-order valence-corrected chi connectivity index (χ2v) is 6.47. The van der Waals surface area contributed by atoms with E-state index >= 15 is 0 Å². The van der Waals surface area contributed by atoms with Gasteiger partial charge in [0.1, 0.15) is 0 Å². The molecular weight excluding hydrogens is 321 g/mol. The molecule has 2 N–H and O–H groups in total. The minimum absolute atomic E-state index is 0. The second-order valence-electron chi connectivity index (χ2n) is 6.03. The Hall–Kier alpha value is -0.810. The van der Waals surface area contributed by atoms with Crippen LogP contribution in [-0.2, 0) is 4.79 Å². The minimum atomic E-state index is -0.0122. The van der Waals surface area contributed by atoms with Crippen LogP contribution in [0.25, 0.3) is 0 Å².